The topological polar surface area (TPSA) is 35.3 Å². The summed E-state index contributed by atoms with van der Waals surface area (Å²) in [5.74, 6) is 2.85. The van der Waals surface area contributed by atoms with Crippen molar-refractivity contribution in [2.24, 2.45) is 5.92 Å². The van der Waals surface area contributed by atoms with Crippen molar-refractivity contribution in [2.75, 3.05) is 7.11 Å². The summed E-state index contributed by atoms with van der Waals surface area (Å²) in [5, 5.41) is 0. The van der Waals surface area contributed by atoms with Crippen molar-refractivity contribution < 1.29 is 9.15 Å². The van der Waals surface area contributed by atoms with Crippen LogP contribution >= 0.6 is 0 Å². The van der Waals surface area contributed by atoms with Crippen molar-refractivity contribution in [1.29, 1.82) is 0 Å². The zero-order chi connectivity index (χ0) is 21.8. The third kappa shape index (κ3) is 4.24. The number of rotatable bonds is 6. The standard InChI is InChI=1S/C29H27NO2/c1-31-25-17-10-11-21(20-25)19-24-16-8-9-18-26(24)29-30-27(22-12-4-2-5-13-22)28(32-29)23-14-6-3-7-15-23/h2-7,10-15,17-18,20,24H,8-9,16,19H2,1H3/t24-/m1/s1. The molecule has 0 radical (unpaired) electrons. The van der Waals surface area contributed by atoms with Crippen LogP contribution in [0.5, 0.6) is 5.75 Å². The molecule has 0 fully saturated rings. The summed E-state index contributed by atoms with van der Waals surface area (Å²) >= 11 is 0. The van der Waals surface area contributed by atoms with Crippen LogP contribution in [0.25, 0.3) is 28.2 Å². The third-order valence-corrected chi connectivity index (χ3v) is 6.13. The minimum absolute atomic E-state index is 0.377. The number of allylic oxidation sites excluding steroid dienone is 2. The van der Waals surface area contributed by atoms with Crippen LogP contribution in [0, 0.1) is 5.92 Å². The number of methoxy groups -OCH3 is 1. The summed E-state index contributed by atoms with van der Waals surface area (Å²) in [4.78, 5) is 5.05. The first-order chi connectivity index (χ1) is 15.8. The van der Waals surface area contributed by atoms with Gasteiger partial charge in [-0.25, -0.2) is 4.98 Å². The van der Waals surface area contributed by atoms with Crippen LogP contribution in [0.4, 0.5) is 0 Å². The Morgan fingerprint density at radius 2 is 1.66 bits per heavy atom. The fraction of sp³-hybridized carbons (Fsp3) is 0.207. The molecule has 0 bridgehead atoms. The molecule has 0 unspecified atom stereocenters. The van der Waals surface area contributed by atoms with Gasteiger partial charge in [-0.1, -0.05) is 78.9 Å². The van der Waals surface area contributed by atoms with Crippen molar-refractivity contribution >= 4 is 5.57 Å². The highest BCUT2D eigenvalue weighted by molar-refractivity contribution is 5.79. The van der Waals surface area contributed by atoms with Gasteiger partial charge in [0, 0.05) is 16.7 Å². The maximum Gasteiger partial charge on any atom is 0.223 e. The van der Waals surface area contributed by atoms with E-state index in [-0.39, 0.29) is 0 Å². The predicted octanol–water partition coefficient (Wildman–Crippen LogP) is 7.44. The van der Waals surface area contributed by atoms with Gasteiger partial charge in [-0.2, -0.15) is 0 Å². The first-order valence-electron chi connectivity index (χ1n) is 11.3. The fourth-order valence-electron chi connectivity index (χ4n) is 4.52. The summed E-state index contributed by atoms with van der Waals surface area (Å²) in [5.41, 5.74) is 5.52. The number of hydrogen-bond donors (Lipinski definition) is 0. The van der Waals surface area contributed by atoms with Crippen LogP contribution in [0.1, 0.15) is 30.7 Å². The molecular formula is C29H27NO2. The monoisotopic (exact) mass is 421 g/mol. The number of aromatic nitrogens is 1. The molecule has 1 heterocycles. The van der Waals surface area contributed by atoms with E-state index >= 15 is 0 Å². The fourth-order valence-corrected chi connectivity index (χ4v) is 4.52. The number of benzene rings is 3. The second-order valence-electron chi connectivity index (χ2n) is 8.27. The molecule has 0 saturated carbocycles. The van der Waals surface area contributed by atoms with E-state index in [0.29, 0.717) is 5.92 Å². The minimum atomic E-state index is 0.377. The van der Waals surface area contributed by atoms with Gasteiger partial charge in [-0.3, -0.25) is 0 Å². The molecule has 0 amide bonds. The van der Waals surface area contributed by atoms with Crippen molar-refractivity contribution in [1.82, 2.24) is 4.98 Å². The Kier molecular flexibility index (Phi) is 5.89. The van der Waals surface area contributed by atoms with Gasteiger partial charge < -0.3 is 9.15 Å². The zero-order valence-electron chi connectivity index (χ0n) is 18.3. The van der Waals surface area contributed by atoms with E-state index < -0.39 is 0 Å². The average molecular weight is 422 g/mol. The third-order valence-electron chi connectivity index (χ3n) is 6.13. The van der Waals surface area contributed by atoms with Gasteiger partial charge in [0.1, 0.15) is 11.4 Å². The summed E-state index contributed by atoms with van der Waals surface area (Å²) < 4.78 is 11.9. The van der Waals surface area contributed by atoms with Gasteiger partial charge in [0.05, 0.1) is 7.11 Å². The summed E-state index contributed by atoms with van der Waals surface area (Å²) in [6.45, 7) is 0. The molecule has 1 aliphatic rings. The molecule has 0 aliphatic heterocycles. The molecule has 32 heavy (non-hydrogen) atoms. The number of oxazole rings is 1. The normalized spacial score (nSPS) is 15.9. The smallest absolute Gasteiger partial charge is 0.223 e. The lowest BCUT2D eigenvalue weighted by molar-refractivity contribution is 0.413. The quantitative estimate of drug-likeness (QED) is 0.324. The molecule has 0 spiro atoms. The molecule has 1 aromatic heterocycles. The Morgan fingerprint density at radius 3 is 2.41 bits per heavy atom. The molecule has 3 aromatic carbocycles. The molecule has 1 atom stereocenters. The average Bonchev–Trinajstić information content (AvgIpc) is 3.31. The molecule has 1 aliphatic carbocycles. The molecule has 3 nitrogen and oxygen atoms in total. The van der Waals surface area contributed by atoms with Crippen LogP contribution in [0.15, 0.2) is 95.4 Å². The number of ether oxygens (including phenoxy) is 1. The summed E-state index contributed by atoms with van der Waals surface area (Å²) in [7, 11) is 1.72. The SMILES string of the molecule is COc1cccc(C[C@H]2CCCC=C2c2nc(-c3ccccc3)c(-c3ccccc3)o2)c1. The first-order valence-corrected chi connectivity index (χ1v) is 11.3. The Labute approximate surface area is 189 Å². The lowest BCUT2D eigenvalue weighted by Gasteiger charge is -2.22. The van der Waals surface area contributed by atoms with Crippen molar-refractivity contribution in [2.45, 2.75) is 25.7 Å². The van der Waals surface area contributed by atoms with Crippen LogP contribution < -0.4 is 4.74 Å². The second kappa shape index (κ2) is 9.27. The van der Waals surface area contributed by atoms with Crippen LogP contribution in [0.3, 0.4) is 0 Å². The van der Waals surface area contributed by atoms with Gasteiger partial charge in [0.25, 0.3) is 0 Å². The Hall–Kier alpha value is -3.59. The van der Waals surface area contributed by atoms with Gasteiger partial charge >= 0.3 is 0 Å². The van der Waals surface area contributed by atoms with Gasteiger partial charge in [0.15, 0.2) is 5.76 Å². The van der Waals surface area contributed by atoms with Crippen LogP contribution in [-0.4, -0.2) is 12.1 Å². The van der Waals surface area contributed by atoms with E-state index in [2.05, 4.69) is 48.5 Å². The van der Waals surface area contributed by atoms with E-state index in [4.69, 9.17) is 14.1 Å². The Bertz CT molecular complexity index is 1150. The predicted molar refractivity (Wildman–Crippen MR) is 129 cm³/mol. The molecule has 3 heteroatoms. The second-order valence-corrected chi connectivity index (χ2v) is 8.27. The molecule has 5 rings (SSSR count). The maximum atomic E-state index is 6.50. The highest BCUT2D eigenvalue weighted by atomic mass is 16.5. The number of hydrogen-bond acceptors (Lipinski definition) is 3. The van der Waals surface area contributed by atoms with E-state index in [0.717, 1.165) is 53.5 Å². The highest BCUT2D eigenvalue weighted by Gasteiger charge is 2.26. The molecule has 0 N–H and O–H groups in total. The summed E-state index contributed by atoms with van der Waals surface area (Å²) in [6, 6.07) is 28.9. The highest BCUT2D eigenvalue weighted by Crippen LogP contribution is 2.40. The first kappa shape index (κ1) is 20.3. The van der Waals surface area contributed by atoms with Crippen molar-refractivity contribution in [3.05, 3.63) is 102 Å². The van der Waals surface area contributed by atoms with Gasteiger partial charge in [0.2, 0.25) is 5.89 Å². The molecular weight excluding hydrogens is 394 g/mol. The van der Waals surface area contributed by atoms with E-state index in [9.17, 15) is 0 Å². The van der Waals surface area contributed by atoms with Gasteiger partial charge in [-0.05, 0) is 49.3 Å². The summed E-state index contributed by atoms with van der Waals surface area (Å²) in [6.07, 6.45) is 6.66. The Morgan fingerprint density at radius 1 is 0.906 bits per heavy atom. The number of nitrogens with zero attached hydrogens (tertiary/aromatic N) is 1. The lowest BCUT2D eigenvalue weighted by Crippen LogP contribution is -2.11. The van der Waals surface area contributed by atoms with E-state index in [1.165, 1.54) is 17.6 Å². The van der Waals surface area contributed by atoms with E-state index in [1.54, 1.807) is 7.11 Å². The van der Waals surface area contributed by atoms with Crippen LogP contribution in [0.2, 0.25) is 0 Å². The molecule has 160 valence electrons. The van der Waals surface area contributed by atoms with Crippen molar-refractivity contribution in [3.8, 4) is 28.3 Å². The maximum absolute atomic E-state index is 6.50. The lowest BCUT2D eigenvalue weighted by atomic mass is 9.83. The van der Waals surface area contributed by atoms with Crippen molar-refractivity contribution in [3.63, 3.8) is 0 Å². The molecule has 0 saturated heterocycles. The minimum Gasteiger partial charge on any atom is -0.497 e. The van der Waals surface area contributed by atoms with Crippen LogP contribution in [-0.2, 0) is 6.42 Å². The van der Waals surface area contributed by atoms with Gasteiger partial charge in [-0.15, -0.1) is 0 Å². The Balaban J connectivity index is 1.54. The molecule has 4 aromatic rings. The largest absolute Gasteiger partial charge is 0.497 e. The van der Waals surface area contributed by atoms with E-state index in [1.807, 2.05) is 42.5 Å². The zero-order valence-corrected chi connectivity index (χ0v) is 18.3.